The first-order valence-electron chi connectivity index (χ1n) is 8.49. The summed E-state index contributed by atoms with van der Waals surface area (Å²) in [5, 5.41) is 9.45. The number of halogens is 2. The molecule has 0 saturated carbocycles. The highest BCUT2D eigenvalue weighted by molar-refractivity contribution is 6.32. The van der Waals surface area contributed by atoms with Gasteiger partial charge >= 0.3 is 0 Å². The number of nitrogens with zero attached hydrogens (tertiary/aromatic N) is 2. The van der Waals surface area contributed by atoms with Gasteiger partial charge in [0.15, 0.2) is 6.79 Å². The number of methoxy groups -OCH3 is 1. The number of ether oxygens (including phenoxy) is 2. The zero-order valence-electron chi connectivity index (χ0n) is 14.8. The summed E-state index contributed by atoms with van der Waals surface area (Å²) in [7, 11) is 1.46. The third kappa shape index (κ3) is 4.05. The number of amides is 1. The molecule has 1 aliphatic rings. The van der Waals surface area contributed by atoms with Crippen molar-refractivity contribution in [1.82, 2.24) is 4.90 Å². The number of carbonyl (C=O) groups excluding carboxylic acids is 1. The molecule has 140 valence electrons. The standard InChI is InChI=1S/C20H18ClFN2O3/c1-26-12-27-19-10-17(21)14(11-23)9-16(19)15-8-13(4-5-18(15)22)20(25)24-6-2-3-7-24/h4-5,8-10H,2-3,6-7,12H2,1H3. The van der Waals surface area contributed by atoms with E-state index in [1.54, 1.807) is 4.90 Å². The van der Waals surface area contributed by atoms with Gasteiger partial charge in [0.2, 0.25) is 0 Å². The predicted molar refractivity (Wildman–Crippen MR) is 99.2 cm³/mol. The topological polar surface area (TPSA) is 62.6 Å². The van der Waals surface area contributed by atoms with Crippen molar-refractivity contribution >= 4 is 17.5 Å². The maximum Gasteiger partial charge on any atom is 0.253 e. The lowest BCUT2D eigenvalue weighted by molar-refractivity contribution is 0.0515. The van der Waals surface area contributed by atoms with Crippen LogP contribution in [0.4, 0.5) is 4.39 Å². The lowest BCUT2D eigenvalue weighted by Gasteiger charge is -2.17. The first-order chi connectivity index (χ1) is 13.0. The minimum absolute atomic E-state index is 0.0662. The van der Waals surface area contributed by atoms with Gasteiger partial charge in [-0.3, -0.25) is 4.79 Å². The molecule has 2 aromatic rings. The van der Waals surface area contributed by atoms with Gasteiger partial charge in [-0.1, -0.05) is 11.6 Å². The van der Waals surface area contributed by atoms with Gasteiger partial charge in [0.1, 0.15) is 17.6 Å². The van der Waals surface area contributed by atoms with Crippen molar-refractivity contribution in [2.24, 2.45) is 0 Å². The molecule has 1 amide bonds. The van der Waals surface area contributed by atoms with Crippen LogP contribution in [-0.4, -0.2) is 37.8 Å². The molecule has 1 fully saturated rings. The summed E-state index contributed by atoms with van der Waals surface area (Å²) >= 11 is 6.08. The van der Waals surface area contributed by atoms with Crippen molar-refractivity contribution in [2.75, 3.05) is 27.0 Å². The molecule has 5 nitrogen and oxygen atoms in total. The Morgan fingerprint density at radius 1 is 1.26 bits per heavy atom. The molecule has 0 N–H and O–H groups in total. The average molecular weight is 389 g/mol. The predicted octanol–water partition coefficient (Wildman–Crippen LogP) is 4.24. The lowest BCUT2D eigenvalue weighted by atomic mass is 9.99. The van der Waals surface area contributed by atoms with Crippen molar-refractivity contribution in [2.45, 2.75) is 12.8 Å². The van der Waals surface area contributed by atoms with Crippen LogP contribution in [-0.2, 0) is 4.74 Å². The highest BCUT2D eigenvalue weighted by atomic mass is 35.5. The van der Waals surface area contributed by atoms with E-state index in [0.29, 0.717) is 24.2 Å². The van der Waals surface area contributed by atoms with E-state index < -0.39 is 5.82 Å². The second-order valence-corrected chi connectivity index (χ2v) is 6.59. The van der Waals surface area contributed by atoms with E-state index in [-0.39, 0.29) is 34.6 Å². The molecule has 1 aliphatic heterocycles. The molecule has 0 radical (unpaired) electrons. The zero-order valence-corrected chi connectivity index (χ0v) is 15.6. The van der Waals surface area contributed by atoms with Gasteiger partial charge in [0.05, 0.1) is 10.6 Å². The molecule has 0 aromatic heterocycles. The van der Waals surface area contributed by atoms with Gasteiger partial charge in [0.25, 0.3) is 5.91 Å². The van der Waals surface area contributed by atoms with Crippen LogP contribution in [0.2, 0.25) is 5.02 Å². The molecule has 0 aliphatic carbocycles. The molecule has 0 atom stereocenters. The number of nitriles is 1. The maximum absolute atomic E-state index is 14.6. The van der Waals surface area contributed by atoms with Crippen molar-refractivity contribution in [3.05, 3.63) is 52.3 Å². The average Bonchev–Trinajstić information content (AvgIpc) is 3.21. The number of hydrogen-bond acceptors (Lipinski definition) is 4. The van der Waals surface area contributed by atoms with E-state index in [1.165, 1.54) is 37.4 Å². The van der Waals surface area contributed by atoms with E-state index in [9.17, 15) is 14.4 Å². The molecule has 0 spiro atoms. The Kier molecular flexibility index (Phi) is 5.94. The number of benzene rings is 2. The first-order valence-corrected chi connectivity index (χ1v) is 8.87. The van der Waals surface area contributed by atoms with Crippen LogP contribution >= 0.6 is 11.6 Å². The van der Waals surface area contributed by atoms with Gasteiger partial charge in [-0.25, -0.2) is 4.39 Å². The quantitative estimate of drug-likeness (QED) is 0.719. The Hall–Kier alpha value is -2.62. The lowest BCUT2D eigenvalue weighted by Crippen LogP contribution is -2.27. The van der Waals surface area contributed by atoms with Crippen LogP contribution in [0, 0.1) is 17.1 Å². The van der Waals surface area contributed by atoms with Crippen molar-refractivity contribution < 1.29 is 18.7 Å². The molecule has 7 heteroatoms. The van der Waals surface area contributed by atoms with Gasteiger partial charge in [-0.15, -0.1) is 0 Å². The molecule has 0 unspecified atom stereocenters. The fourth-order valence-electron chi connectivity index (χ4n) is 3.06. The Labute approximate surface area is 161 Å². The van der Waals surface area contributed by atoms with Crippen LogP contribution in [0.1, 0.15) is 28.8 Å². The smallest absolute Gasteiger partial charge is 0.253 e. The van der Waals surface area contributed by atoms with Gasteiger partial charge in [-0.2, -0.15) is 5.26 Å². The first kappa shape index (κ1) is 19.2. The number of hydrogen-bond donors (Lipinski definition) is 0. The maximum atomic E-state index is 14.6. The van der Waals surface area contributed by atoms with Gasteiger partial charge < -0.3 is 14.4 Å². The van der Waals surface area contributed by atoms with Crippen LogP contribution < -0.4 is 4.74 Å². The highest BCUT2D eigenvalue weighted by Crippen LogP contribution is 2.37. The summed E-state index contributed by atoms with van der Waals surface area (Å²) in [5.41, 5.74) is 1.08. The third-order valence-corrected chi connectivity index (χ3v) is 4.73. The Morgan fingerprint density at radius 2 is 2.00 bits per heavy atom. The Morgan fingerprint density at radius 3 is 2.67 bits per heavy atom. The highest BCUT2D eigenvalue weighted by Gasteiger charge is 2.22. The van der Waals surface area contributed by atoms with Crippen LogP contribution in [0.3, 0.4) is 0 Å². The zero-order chi connectivity index (χ0) is 19.4. The monoisotopic (exact) mass is 388 g/mol. The molecular weight excluding hydrogens is 371 g/mol. The number of likely N-dealkylation sites (tertiary alicyclic amines) is 1. The molecule has 1 heterocycles. The molecule has 3 rings (SSSR count). The van der Waals surface area contributed by atoms with E-state index in [1.807, 2.05) is 6.07 Å². The Bertz CT molecular complexity index is 905. The minimum atomic E-state index is -0.526. The number of rotatable bonds is 5. The normalized spacial score (nSPS) is 13.5. The van der Waals surface area contributed by atoms with Crippen molar-refractivity contribution in [1.29, 1.82) is 5.26 Å². The fourth-order valence-corrected chi connectivity index (χ4v) is 3.26. The molecule has 0 bridgehead atoms. The summed E-state index contributed by atoms with van der Waals surface area (Å²) < 4.78 is 25.0. The second-order valence-electron chi connectivity index (χ2n) is 6.18. The van der Waals surface area contributed by atoms with Gasteiger partial charge in [0, 0.05) is 43.0 Å². The Balaban J connectivity index is 2.08. The fraction of sp³-hybridized carbons (Fsp3) is 0.300. The molecule has 2 aromatic carbocycles. The third-order valence-electron chi connectivity index (χ3n) is 4.42. The van der Waals surface area contributed by atoms with E-state index >= 15 is 0 Å². The largest absolute Gasteiger partial charge is 0.467 e. The number of carbonyl (C=O) groups is 1. The summed E-state index contributed by atoms with van der Waals surface area (Å²) in [6, 6.07) is 9.08. The van der Waals surface area contributed by atoms with E-state index in [2.05, 4.69) is 0 Å². The molecule has 1 saturated heterocycles. The summed E-state index contributed by atoms with van der Waals surface area (Å²) in [6.07, 6.45) is 1.94. The minimum Gasteiger partial charge on any atom is -0.467 e. The van der Waals surface area contributed by atoms with E-state index in [4.69, 9.17) is 21.1 Å². The summed E-state index contributed by atoms with van der Waals surface area (Å²) in [6.45, 7) is 1.34. The molecule has 27 heavy (non-hydrogen) atoms. The molecular formula is C20H18ClFN2O3. The van der Waals surface area contributed by atoms with Crippen LogP contribution in [0.15, 0.2) is 30.3 Å². The van der Waals surface area contributed by atoms with Crippen LogP contribution in [0.5, 0.6) is 5.75 Å². The SMILES string of the molecule is COCOc1cc(Cl)c(C#N)cc1-c1cc(C(=O)N2CCCC2)ccc1F. The van der Waals surface area contributed by atoms with Crippen molar-refractivity contribution in [3.8, 4) is 22.9 Å². The summed E-state index contributed by atoms with van der Waals surface area (Å²) in [4.78, 5) is 14.4. The second kappa shape index (κ2) is 8.38. The van der Waals surface area contributed by atoms with Crippen LogP contribution in [0.25, 0.3) is 11.1 Å². The summed E-state index contributed by atoms with van der Waals surface area (Å²) in [5.74, 6) is -0.394. The van der Waals surface area contributed by atoms with E-state index in [0.717, 1.165) is 12.8 Å². The van der Waals surface area contributed by atoms with Gasteiger partial charge in [-0.05, 0) is 37.1 Å². The van der Waals surface area contributed by atoms with Crippen molar-refractivity contribution in [3.63, 3.8) is 0 Å².